The Morgan fingerprint density at radius 3 is 2.94 bits per heavy atom. The van der Waals surface area contributed by atoms with E-state index in [2.05, 4.69) is 4.98 Å². The molecule has 0 saturated carbocycles. The lowest BCUT2D eigenvalue weighted by Gasteiger charge is -2.05. The van der Waals surface area contributed by atoms with E-state index in [9.17, 15) is 0 Å². The van der Waals surface area contributed by atoms with Crippen molar-refractivity contribution in [2.45, 2.75) is 6.10 Å². The van der Waals surface area contributed by atoms with Gasteiger partial charge >= 0.3 is 0 Å². The number of ether oxygens (including phenoxy) is 2. The van der Waals surface area contributed by atoms with E-state index in [0.29, 0.717) is 10.8 Å². The molecule has 16 heavy (non-hydrogen) atoms. The van der Waals surface area contributed by atoms with Crippen molar-refractivity contribution in [3.05, 3.63) is 35.0 Å². The number of benzene rings is 1. The molecular weight excluding hydrogens is 226 g/mol. The van der Waals surface area contributed by atoms with Crippen LogP contribution in [0.3, 0.4) is 0 Å². The van der Waals surface area contributed by atoms with Gasteiger partial charge in [0.1, 0.15) is 11.9 Å². The zero-order chi connectivity index (χ0) is 11.1. The summed E-state index contributed by atoms with van der Waals surface area (Å²) in [7, 11) is 1.60. The molecule has 1 aromatic heterocycles. The Labute approximate surface area is 98.0 Å². The Balaban J connectivity index is 2.16. The first kappa shape index (κ1) is 9.87. The molecule has 2 heterocycles. The van der Waals surface area contributed by atoms with E-state index < -0.39 is 0 Å². The van der Waals surface area contributed by atoms with Crippen LogP contribution >= 0.6 is 11.6 Å². The summed E-state index contributed by atoms with van der Waals surface area (Å²) in [6.45, 7) is 0.766. The van der Waals surface area contributed by atoms with Gasteiger partial charge in [-0.3, -0.25) is 0 Å². The molecule has 0 radical (unpaired) electrons. The third kappa shape index (κ3) is 1.62. The molecular formula is C12H10ClNO2. The lowest BCUT2D eigenvalue weighted by atomic mass is 10.1. The van der Waals surface area contributed by atoms with Gasteiger partial charge in [-0.2, -0.15) is 0 Å². The molecule has 1 fully saturated rings. The molecule has 0 N–H and O–H groups in total. The summed E-state index contributed by atoms with van der Waals surface area (Å²) in [5.74, 6) is 0.673. The molecule has 4 heteroatoms. The first-order valence-corrected chi connectivity index (χ1v) is 5.41. The average Bonchev–Trinajstić information content (AvgIpc) is 3.11. The van der Waals surface area contributed by atoms with Crippen molar-refractivity contribution in [2.75, 3.05) is 13.7 Å². The molecule has 1 aliphatic rings. The van der Waals surface area contributed by atoms with E-state index in [1.807, 2.05) is 24.3 Å². The van der Waals surface area contributed by atoms with E-state index in [1.54, 1.807) is 7.11 Å². The second-order valence-electron chi connectivity index (χ2n) is 3.74. The average molecular weight is 236 g/mol. The maximum absolute atomic E-state index is 6.05. The van der Waals surface area contributed by atoms with E-state index >= 15 is 0 Å². The molecule has 0 spiro atoms. The number of epoxide rings is 1. The Morgan fingerprint density at radius 1 is 1.44 bits per heavy atom. The minimum absolute atomic E-state index is 0.172. The molecule has 1 saturated heterocycles. The van der Waals surface area contributed by atoms with Gasteiger partial charge in [0.15, 0.2) is 0 Å². The summed E-state index contributed by atoms with van der Waals surface area (Å²) in [6.07, 6.45) is 0.172. The van der Waals surface area contributed by atoms with Crippen LogP contribution < -0.4 is 4.74 Å². The Kier molecular flexibility index (Phi) is 2.23. The summed E-state index contributed by atoms with van der Waals surface area (Å²) in [4.78, 5) is 4.51. The van der Waals surface area contributed by atoms with Gasteiger partial charge in [-0.1, -0.05) is 17.7 Å². The van der Waals surface area contributed by atoms with Crippen LogP contribution in [0.2, 0.25) is 5.02 Å². The summed E-state index contributed by atoms with van der Waals surface area (Å²) in [5, 5.41) is 1.60. The number of hydrogen-bond donors (Lipinski definition) is 0. The van der Waals surface area contributed by atoms with Crippen molar-refractivity contribution in [3.63, 3.8) is 0 Å². The highest BCUT2D eigenvalue weighted by Gasteiger charge is 2.26. The normalized spacial score (nSPS) is 18.8. The van der Waals surface area contributed by atoms with E-state index in [1.165, 1.54) is 0 Å². The standard InChI is InChI=1S/C12H10ClNO2/c1-15-11-4-7-2-3-9(12-6-16-12)14-10(7)5-8(11)13/h2-5,12H,6H2,1H3. The van der Waals surface area contributed by atoms with E-state index in [4.69, 9.17) is 21.1 Å². The lowest BCUT2D eigenvalue weighted by Crippen LogP contribution is -1.90. The topological polar surface area (TPSA) is 34.6 Å². The highest BCUT2D eigenvalue weighted by atomic mass is 35.5. The minimum atomic E-state index is 0.172. The van der Waals surface area contributed by atoms with Gasteiger partial charge < -0.3 is 9.47 Å². The predicted molar refractivity (Wildman–Crippen MR) is 62.0 cm³/mol. The van der Waals surface area contributed by atoms with Gasteiger partial charge in [-0.15, -0.1) is 0 Å². The number of aromatic nitrogens is 1. The molecule has 1 aliphatic heterocycles. The number of fused-ring (bicyclic) bond motifs is 1. The van der Waals surface area contributed by atoms with E-state index in [0.717, 1.165) is 23.2 Å². The third-order valence-corrected chi connectivity index (χ3v) is 2.94. The fourth-order valence-corrected chi connectivity index (χ4v) is 1.93. The van der Waals surface area contributed by atoms with Crippen molar-refractivity contribution >= 4 is 22.5 Å². The van der Waals surface area contributed by atoms with Crippen LogP contribution in [0.1, 0.15) is 11.8 Å². The Bertz CT molecular complexity index is 552. The number of halogens is 1. The summed E-state index contributed by atoms with van der Waals surface area (Å²) in [6, 6.07) is 7.70. The first-order valence-electron chi connectivity index (χ1n) is 5.04. The first-order chi connectivity index (χ1) is 7.78. The van der Waals surface area contributed by atoms with Crippen LogP contribution in [0.15, 0.2) is 24.3 Å². The molecule has 1 atom stereocenters. The van der Waals surface area contributed by atoms with Crippen LogP contribution in [0.5, 0.6) is 5.75 Å². The van der Waals surface area contributed by atoms with Gasteiger partial charge in [0.05, 0.1) is 29.9 Å². The molecule has 0 amide bonds. The fraction of sp³-hybridized carbons (Fsp3) is 0.250. The zero-order valence-electron chi connectivity index (χ0n) is 8.74. The molecule has 82 valence electrons. The van der Waals surface area contributed by atoms with Crippen molar-refractivity contribution < 1.29 is 9.47 Å². The van der Waals surface area contributed by atoms with Gasteiger partial charge in [-0.25, -0.2) is 4.98 Å². The second-order valence-corrected chi connectivity index (χ2v) is 4.14. The number of pyridine rings is 1. The highest BCUT2D eigenvalue weighted by molar-refractivity contribution is 6.32. The predicted octanol–water partition coefficient (Wildman–Crippen LogP) is 2.97. The van der Waals surface area contributed by atoms with Crippen LogP contribution in [0.25, 0.3) is 10.9 Å². The smallest absolute Gasteiger partial charge is 0.138 e. The Morgan fingerprint density at radius 2 is 2.25 bits per heavy atom. The van der Waals surface area contributed by atoms with Crippen molar-refractivity contribution in [1.82, 2.24) is 4.98 Å². The van der Waals surface area contributed by atoms with E-state index in [-0.39, 0.29) is 6.10 Å². The van der Waals surface area contributed by atoms with Crippen molar-refractivity contribution in [2.24, 2.45) is 0 Å². The van der Waals surface area contributed by atoms with Crippen molar-refractivity contribution in [1.29, 1.82) is 0 Å². The van der Waals surface area contributed by atoms with Gasteiger partial charge in [0.25, 0.3) is 0 Å². The maximum atomic E-state index is 6.05. The lowest BCUT2D eigenvalue weighted by molar-refractivity contribution is 0.411. The van der Waals surface area contributed by atoms with Gasteiger partial charge in [-0.05, 0) is 18.2 Å². The second kappa shape index (κ2) is 3.61. The molecule has 2 aromatic rings. The number of hydrogen-bond acceptors (Lipinski definition) is 3. The monoisotopic (exact) mass is 235 g/mol. The van der Waals surface area contributed by atoms with Crippen molar-refractivity contribution in [3.8, 4) is 5.75 Å². The van der Waals surface area contributed by atoms with Crippen LogP contribution in [-0.4, -0.2) is 18.7 Å². The summed E-state index contributed by atoms with van der Waals surface area (Å²) in [5.41, 5.74) is 1.84. The van der Waals surface area contributed by atoms with Crippen LogP contribution in [0.4, 0.5) is 0 Å². The number of rotatable bonds is 2. The zero-order valence-corrected chi connectivity index (χ0v) is 9.49. The molecule has 3 nitrogen and oxygen atoms in total. The van der Waals surface area contributed by atoms with Gasteiger partial charge in [0.2, 0.25) is 0 Å². The van der Waals surface area contributed by atoms with Gasteiger partial charge in [0, 0.05) is 5.39 Å². The molecule has 1 unspecified atom stereocenters. The summed E-state index contributed by atoms with van der Waals surface area (Å²) < 4.78 is 10.4. The maximum Gasteiger partial charge on any atom is 0.138 e. The largest absolute Gasteiger partial charge is 0.495 e. The van der Waals surface area contributed by atoms with Crippen LogP contribution in [-0.2, 0) is 4.74 Å². The Hall–Kier alpha value is -1.32. The quantitative estimate of drug-likeness (QED) is 0.751. The molecule has 3 rings (SSSR count). The number of nitrogens with zero attached hydrogens (tertiary/aromatic N) is 1. The molecule has 0 aliphatic carbocycles. The third-order valence-electron chi connectivity index (χ3n) is 2.65. The van der Waals surface area contributed by atoms with Crippen LogP contribution in [0, 0.1) is 0 Å². The molecule has 0 bridgehead atoms. The highest BCUT2D eigenvalue weighted by Crippen LogP contribution is 2.32. The number of methoxy groups -OCH3 is 1. The molecule has 1 aromatic carbocycles. The minimum Gasteiger partial charge on any atom is -0.495 e. The summed E-state index contributed by atoms with van der Waals surface area (Å²) >= 11 is 6.05. The fourth-order valence-electron chi connectivity index (χ4n) is 1.70. The SMILES string of the molecule is COc1cc2ccc(C3CO3)nc2cc1Cl.